The molecular weight excluding hydrogens is 322 g/mol. The second-order valence-corrected chi connectivity index (χ2v) is 7.56. The van der Waals surface area contributed by atoms with Gasteiger partial charge in [-0.25, -0.2) is 0 Å². The Morgan fingerprint density at radius 1 is 1.00 bits per heavy atom. The van der Waals surface area contributed by atoms with Crippen molar-refractivity contribution < 1.29 is 9.53 Å². The third kappa shape index (κ3) is 4.09. The van der Waals surface area contributed by atoms with Crippen LogP contribution in [0.15, 0.2) is 42.5 Å². The summed E-state index contributed by atoms with van der Waals surface area (Å²) in [6.45, 7) is 8.09. The van der Waals surface area contributed by atoms with Crippen LogP contribution in [0.2, 0.25) is 0 Å². The molecule has 0 unspecified atom stereocenters. The van der Waals surface area contributed by atoms with Gasteiger partial charge in [0.05, 0.1) is 6.04 Å². The quantitative estimate of drug-likeness (QED) is 0.800. The summed E-state index contributed by atoms with van der Waals surface area (Å²) in [6, 6.07) is 14.5. The van der Waals surface area contributed by atoms with E-state index < -0.39 is 6.10 Å². The summed E-state index contributed by atoms with van der Waals surface area (Å²) in [4.78, 5) is 12.6. The van der Waals surface area contributed by atoms with Crippen molar-refractivity contribution in [3.63, 3.8) is 0 Å². The van der Waals surface area contributed by atoms with E-state index in [1.54, 1.807) is 0 Å². The molecule has 0 saturated heterocycles. The van der Waals surface area contributed by atoms with E-state index in [1.807, 2.05) is 32.0 Å². The molecular formula is C23H29NO2. The largest absolute Gasteiger partial charge is 0.481 e. The Morgan fingerprint density at radius 3 is 2.50 bits per heavy atom. The molecule has 138 valence electrons. The van der Waals surface area contributed by atoms with Gasteiger partial charge in [-0.15, -0.1) is 0 Å². The van der Waals surface area contributed by atoms with Crippen molar-refractivity contribution in [1.82, 2.24) is 5.32 Å². The second kappa shape index (κ2) is 7.94. The number of hydrogen-bond acceptors (Lipinski definition) is 2. The maximum atomic E-state index is 12.6. The molecule has 2 aromatic carbocycles. The first-order chi connectivity index (χ1) is 12.5. The van der Waals surface area contributed by atoms with Crippen LogP contribution in [-0.2, 0) is 17.6 Å². The molecule has 1 amide bonds. The van der Waals surface area contributed by atoms with Crippen LogP contribution in [0.25, 0.3) is 0 Å². The monoisotopic (exact) mass is 351 g/mol. The Balaban J connectivity index is 1.64. The van der Waals surface area contributed by atoms with Crippen LogP contribution in [-0.4, -0.2) is 12.0 Å². The SMILES string of the molecule is CC(C)c1ccccc1O[C@@H](C)C(=O)N[C@@H](C)c1ccc2c(c1)CCC2. The summed E-state index contributed by atoms with van der Waals surface area (Å²) in [6.07, 6.45) is 3.03. The summed E-state index contributed by atoms with van der Waals surface area (Å²) in [5, 5.41) is 3.09. The van der Waals surface area contributed by atoms with E-state index in [2.05, 4.69) is 43.4 Å². The van der Waals surface area contributed by atoms with E-state index in [4.69, 9.17) is 4.74 Å². The van der Waals surface area contributed by atoms with Crippen LogP contribution in [0.4, 0.5) is 0 Å². The summed E-state index contributed by atoms with van der Waals surface area (Å²) in [5.41, 5.74) is 5.17. The Kier molecular flexibility index (Phi) is 5.65. The third-order valence-electron chi connectivity index (χ3n) is 5.20. The van der Waals surface area contributed by atoms with Gasteiger partial charge in [0.1, 0.15) is 5.75 Å². The van der Waals surface area contributed by atoms with Gasteiger partial charge in [0.2, 0.25) is 0 Å². The Bertz CT molecular complexity index is 782. The number of amides is 1. The number of fused-ring (bicyclic) bond motifs is 1. The van der Waals surface area contributed by atoms with E-state index in [0.29, 0.717) is 5.92 Å². The predicted octanol–water partition coefficient (Wildman–Crippen LogP) is 4.94. The number of hydrogen-bond donors (Lipinski definition) is 1. The number of aryl methyl sites for hydroxylation is 2. The van der Waals surface area contributed by atoms with Gasteiger partial charge >= 0.3 is 0 Å². The Labute approximate surface area is 156 Å². The van der Waals surface area contributed by atoms with Gasteiger partial charge in [0.25, 0.3) is 5.91 Å². The van der Waals surface area contributed by atoms with Crippen molar-refractivity contribution in [3.8, 4) is 5.75 Å². The summed E-state index contributed by atoms with van der Waals surface area (Å²) in [5.74, 6) is 1.05. The van der Waals surface area contributed by atoms with Crippen LogP contribution in [0.1, 0.15) is 68.3 Å². The fourth-order valence-electron chi connectivity index (χ4n) is 3.58. The van der Waals surface area contributed by atoms with Crippen LogP contribution >= 0.6 is 0 Å². The number of nitrogens with one attached hydrogen (secondary N) is 1. The van der Waals surface area contributed by atoms with Crippen LogP contribution in [0, 0.1) is 0 Å². The highest BCUT2D eigenvalue weighted by Crippen LogP contribution is 2.27. The van der Waals surface area contributed by atoms with Gasteiger partial charge < -0.3 is 10.1 Å². The number of para-hydroxylation sites is 1. The molecule has 0 heterocycles. The molecule has 3 nitrogen and oxygen atoms in total. The molecule has 2 atom stereocenters. The first kappa shape index (κ1) is 18.5. The highest BCUT2D eigenvalue weighted by Gasteiger charge is 2.20. The molecule has 3 rings (SSSR count). The molecule has 0 fully saturated rings. The minimum atomic E-state index is -0.535. The normalized spacial score (nSPS) is 15.4. The van der Waals surface area contributed by atoms with Gasteiger partial charge in [-0.2, -0.15) is 0 Å². The first-order valence-electron chi connectivity index (χ1n) is 9.63. The van der Waals surface area contributed by atoms with Gasteiger partial charge in [-0.05, 0) is 67.3 Å². The lowest BCUT2D eigenvalue weighted by Crippen LogP contribution is -2.38. The zero-order chi connectivity index (χ0) is 18.7. The van der Waals surface area contributed by atoms with Crippen molar-refractivity contribution in [2.24, 2.45) is 0 Å². The lowest BCUT2D eigenvalue weighted by atomic mass is 10.0. The molecule has 0 aromatic heterocycles. The molecule has 0 bridgehead atoms. The Morgan fingerprint density at radius 2 is 1.73 bits per heavy atom. The van der Waals surface area contributed by atoms with Gasteiger partial charge in [0, 0.05) is 0 Å². The minimum Gasteiger partial charge on any atom is -0.481 e. The maximum Gasteiger partial charge on any atom is 0.261 e. The summed E-state index contributed by atoms with van der Waals surface area (Å²) in [7, 11) is 0. The fourth-order valence-corrected chi connectivity index (χ4v) is 3.58. The lowest BCUT2D eigenvalue weighted by Gasteiger charge is -2.21. The van der Waals surface area contributed by atoms with E-state index >= 15 is 0 Å². The van der Waals surface area contributed by atoms with E-state index in [0.717, 1.165) is 23.3 Å². The third-order valence-corrected chi connectivity index (χ3v) is 5.20. The standard InChI is InChI=1S/C23H29NO2/c1-15(2)21-10-5-6-11-22(21)26-17(4)23(25)24-16(3)19-13-12-18-8-7-9-20(18)14-19/h5-6,10-17H,7-9H2,1-4H3,(H,24,25)/t16-,17-/m0/s1. The number of ether oxygens (including phenoxy) is 1. The van der Waals surface area contributed by atoms with Crippen molar-refractivity contribution >= 4 is 5.91 Å². The molecule has 2 aromatic rings. The van der Waals surface area contributed by atoms with Gasteiger partial charge in [-0.3, -0.25) is 4.79 Å². The molecule has 0 spiro atoms. The fraction of sp³-hybridized carbons (Fsp3) is 0.435. The number of carbonyl (C=O) groups excluding carboxylic acids is 1. The maximum absolute atomic E-state index is 12.6. The van der Waals surface area contributed by atoms with Crippen molar-refractivity contribution in [3.05, 3.63) is 64.7 Å². The van der Waals surface area contributed by atoms with E-state index in [1.165, 1.54) is 24.0 Å². The molecule has 1 aliphatic carbocycles. The summed E-state index contributed by atoms with van der Waals surface area (Å²) < 4.78 is 5.97. The highest BCUT2D eigenvalue weighted by atomic mass is 16.5. The average molecular weight is 351 g/mol. The first-order valence-corrected chi connectivity index (χ1v) is 9.63. The Hall–Kier alpha value is -2.29. The minimum absolute atomic E-state index is 0.0280. The van der Waals surface area contributed by atoms with Crippen molar-refractivity contribution in [2.45, 2.75) is 65.0 Å². The van der Waals surface area contributed by atoms with E-state index in [9.17, 15) is 4.79 Å². The topological polar surface area (TPSA) is 38.3 Å². The number of rotatable bonds is 6. The molecule has 0 radical (unpaired) electrons. The van der Waals surface area contributed by atoms with Gasteiger partial charge in [0.15, 0.2) is 6.10 Å². The lowest BCUT2D eigenvalue weighted by molar-refractivity contribution is -0.127. The highest BCUT2D eigenvalue weighted by molar-refractivity contribution is 5.81. The summed E-state index contributed by atoms with van der Waals surface area (Å²) >= 11 is 0. The van der Waals surface area contributed by atoms with Gasteiger partial charge in [-0.1, -0.05) is 50.2 Å². The second-order valence-electron chi connectivity index (χ2n) is 7.56. The van der Waals surface area contributed by atoms with Crippen LogP contribution in [0.3, 0.4) is 0 Å². The molecule has 3 heteroatoms. The van der Waals surface area contributed by atoms with Crippen LogP contribution < -0.4 is 10.1 Å². The zero-order valence-corrected chi connectivity index (χ0v) is 16.2. The predicted molar refractivity (Wildman–Crippen MR) is 106 cm³/mol. The molecule has 0 aliphatic heterocycles. The number of carbonyl (C=O) groups is 1. The van der Waals surface area contributed by atoms with Crippen LogP contribution in [0.5, 0.6) is 5.75 Å². The molecule has 26 heavy (non-hydrogen) atoms. The molecule has 0 saturated carbocycles. The smallest absolute Gasteiger partial charge is 0.261 e. The van der Waals surface area contributed by atoms with Crippen molar-refractivity contribution in [1.29, 1.82) is 0 Å². The van der Waals surface area contributed by atoms with Crippen molar-refractivity contribution in [2.75, 3.05) is 0 Å². The average Bonchev–Trinajstić information content (AvgIpc) is 3.09. The molecule has 1 aliphatic rings. The van der Waals surface area contributed by atoms with E-state index in [-0.39, 0.29) is 11.9 Å². The molecule has 1 N–H and O–H groups in total. The number of benzene rings is 2. The zero-order valence-electron chi connectivity index (χ0n) is 16.2.